The van der Waals surface area contributed by atoms with Gasteiger partial charge in [0.1, 0.15) is 0 Å². The van der Waals surface area contributed by atoms with Gasteiger partial charge in [-0.25, -0.2) is 0 Å². The molecular formula is C19H29N3O. The molecule has 0 spiro atoms. The number of hydrogen-bond acceptors (Lipinski definition) is 3. The van der Waals surface area contributed by atoms with Crippen molar-refractivity contribution in [1.29, 1.82) is 0 Å². The van der Waals surface area contributed by atoms with E-state index in [2.05, 4.69) is 40.1 Å². The van der Waals surface area contributed by atoms with Crippen molar-refractivity contribution < 1.29 is 4.79 Å². The van der Waals surface area contributed by atoms with Gasteiger partial charge in [0.25, 0.3) is 0 Å². The molecule has 0 aromatic heterocycles. The molecule has 1 aromatic rings. The predicted molar refractivity (Wildman–Crippen MR) is 92.8 cm³/mol. The van der Waals surface area contributed by atoms with Crippen LogP contribution in [0.15, 0.2) is 30.3 Å². The second-order valence-corrected chi connectivity index (χ2v) is 7.06. The van der Waals surface area contributed by atoms with Crippen LogP contribution in [0.5, 0.6) is 0 Å². The van der Waals surface area contributed by atoms with Crippen molar-refractivity contribution in [3.63, 3.8) is 0 Å². The predicted octanol–water partition coefficient (Wildman–Crippen LogP) is 2.10. The maximum absolute atomic E-state index is 12.8. The summed E-state index contributed by atoms with van der Waals surface area (Å²) in [5.74, 6) is 1.17. The number of hydrogen-bond donors (Lipinski definition) is 1. The van der Waals surface area contributed by atoms with Gasteiger partial charge in [-0.2, -0.15) is 0 Å². The molecule has 4 nitrogen and oxygen atoms in total. The highest BCUT2D eigenvalue weighted by Crippen LogP contribution is 2.23. The van der Waals surface area contributed by atoms with E-state index in [0.29, 0.717) is 11.8 Å². The van der Waals surface area contributed by atoms with Gasteiger partial charge < -0.3 is 10.6 Å². The first-order chi connectivity index (χ1) is 11.3. The van der Waals surface area contributed by atoms with Crippen molar-refractivity contribution in [3.05, 3.63) is 35.9 Å². The van der Waals surface area contributed by atoms with Crippen molar-refractivity contribution in [2.75, 3.05) is 32.7 Å². The molecule has 2 aliphatic heterocycles. The molecule has 4 heteroatoms. The van der Waals surface area contributed by atoms with Crippen LogP contribution >= 0.6 is 0 Å². The van der Waals surface area contributed by atoms with Crippen molar-refractivity contribution in [1.82, 2.24) is 9.80 Å². The van der Waals surface area contributed by atoms with E-state index in [9.17, 15) is 4.79 Å². The second-order valence-electron chi connectivity index (χ2n) is 7.06. The molecule has 2 saturated heterocycles. The number of carbonyl (C=O) groups excluding carboxylic acids is 1. The zero-order valence-corrected chi connectivity index (χ0v) is 14.0. The fourth-order valence-corrected chi connectivity index (χ4v) is 3.89. The van der Waals surface area contributed by atoms with E-state index >= 15 is 0 Å². The van der Waals surface area contributed by atoms with Gasteiger partial charge in [0.15, 0.2) is 0 Å². The fourth-order valence-electron chi connectivity index (χ4n) is 3.89. The third kappa shape index (κ3) is 4.33. The summed E-state index contributed by atoms with van der Waals surface area (Å²) in [6.45, 7) is 5.53. The summed E-state index contributed by atoms with van der Waals surface area (Å²) in [6, 6.07) is 10.6. The smallest absolute Gasteiger partial charge is 0.226 e. The number of likely N-dealkylation sites (tertiary alicyclic amines) is 2. The van der Waals surface area contributed by atoms with E-state index < -0.39 is 0 Å². The molecule has 2 heterocycles. The molecule has 1 amide bonds. The summed E-state index contributed by atoms with van der Waals surface area (Å²) in [5.41, 5.74) is 7.09. The van der Waals surface area contributed by atoms with Gasteiger partial charge in [-0.05, 0) is 50.3 Å². The Balaban J connectivity index is 1.53. The lowest BCUT2D eigenvalue weighted by Gasteiger charge is -2.37. The Hall–Kier alpha value is -1.39. The Morgan fingerprint density at radius 2 is 1.83 bits per heavy atom. The SMILES string of the molecule is NCC1CCN(C(=O)C2CCCN(Cc3ccccc3)C2)CC1. The number of rotatable bonds is 4. The molecule has 1 atom stereocenters. The van der Waals surface area contributed by atoms with E-state index in [4.69, 9.17) is 5.73 Å². The lowest BCUT2D eigenvalue weighted by molar-refractivity contribution is -0.138. The molecule has 2 aliphatic rings. The van der Waals surface area contributed by atoms with E-state index in [1.807, 2.05) is 0 Å². The quantitative estimate of drug-likeness (QED) is 0.925. The normalized spacial score (nSPS) is 23.9. The van der Waals surface area contributed by atoms with Gasteiger partial charge in [-0.15, -0.1) is 0 Å². The average Bonchev–Trinajstić information content (AvgIpc) is 2.62. The van der Waals surface area contributed by atoms with Crippen LogP contribution in [-0.4, -0.2) is 48.4 Å². The zero-order chi connectivity index (χ0) is 16.1. The number of benzene rings is 1. The summed E-state index contributed by atoms with van der Waals surface area (Å²) in [7, 11) is 0. The maximum Gasteiger partial charge on any atom is 0.226 e. The number of piperidine rings is 2. The Morgan fingerprint density at radius 1 is 1.09 bits per heavy atom. The van der Waals surface area contributed by atoms with Gasteiger partial charge in [-0.3, -0.25) is 9.69 Å². The third-order valence-electron chi connectivity index (χ3n) is 5.36. The lowest BCUT2D eigenvalue weighted by atomic mass is 9.92. The molecular weight excluding hydrogens is 286 g/mol. The Bertz CT molecular complexity index is 497. The van der Waals surface area contributed by atoms with Crippen LogP contribution in [0.4, 0.5) is 0 Å². The highest BCUT2D eigenvalue weighted by molar-refractivity contribution is 5.79. The molecule has 2 fully saturated rings. The number of nitrogens with two attached hydrogens (primary N) is 1. The Morgan fingerprint density at radius 3 is 2.52 bits per heavy atom. The summed E-state index contributed by atoms with van der Waals surface area (Å²) in [6.07, 6.45) is 4.31. The molecule has 2 N–H and O–H groups in total. The van der Waals surface area contributed by atoms with E-state index in [1.165, 1.54) is 5.56 Å². The number of carbonyl (C=O) groups is 1. The molecule has 0 bridgehead atoms. The molecule has 0 radical (unpaired) electrons. The molecule has 0 saturated carbocycles. The second kappa shape index (κ2) is 7.93. The fraction of sp³-hybridized carbons (Fsp3) is 0.632. The Kier molecular flexibility index (Phi) is 5.68. The average molecular weight is 315 g/mol. The first kappa shape index (κ1) is 16.5. The van der Waals surface area contributed by atoms with Gasteiger partial charge in [0.2, 0.25) is 5.91 Å². The Labute approximate surface area is 139 Å². The first-order valence-electron chi connectivity index (χ1n) is 9.01. The monoisotopic (exact) mass is 315 g/mol. The maximum atomic E-state index is 12.8. The van der Waals surface area contributed by atoms with E-state index in [-0.39, 0.29) is 5.92 Å². The topological polar surface area (TPSA) is 49.6 Å². The van der Waals surface area contributed by atoms with Gasteiger partial charge in [0, 0.05) is 26.2 Å². The highest BCUT2D eigenvalue weighted by atomic mass is 16.2. The lowest BCUT2D eigenvalue weighted by Crippen LogP contribution is -2.47. The van der Waals surface area contributed by atoms with Crippen LogP contribution in [0.1, 0.15) is 31.2 Å². The summed E-state index contributed by atoms with van der Waals surface area (Å²) < 4.78 is 0. The molecule has 23 heavy (non-hydrogen) atoms. The third-order valence-corrected chi connectivity index (χ3v) is 5.36. The van der Waals surface area contributed by atoms with Crippen LogP contribution in [0, 0.1) is 11.8 Å². The number of nitrogens with zero attached hydrogens (tertiary/aromatic N) is 2. The van der Waals surface area contributed by atoms with Gasteiger partial charge in [0.05, 0.1) is 5.92 Å². The first-order valence-corrected chi connectivity index (χ1v) is 9.01. The minimum atomic E-state index is 0.182. The van der Waals surface area contributed by atoms with Crippen LogP contribution < -0.4 is 5.73 Å². The largest absolute Gasteiger partial charge is 0.342 e. The van der Waals surface area contributed by atoms with Crippen LogP contribution in [-0.2, 0) is 11.3 Å². The number of amides is 1. The molecule has 0 aliphatic carbocycles. The van der Waals surface area contributed by atoms with Crippen molar-refractivity contribution in [3.8, 4) is 0 Å². The minimum absolute atomic E-state index is 0.182. The van der Waals surface area contributed by atoms with Crippen LogP contribution in [0.25, 0.3) is 0 Å². The van der Waals surface area contributed by atoms with Crippen molar-refractivity contribution in [2.45, 2.75) is 32.2 Å². The van der Waals surface area contributed by atoms with Gasteiger partial charge in [-0.1, -0.05) is 30.3 Å². The zero-order valence-electron chi connectivity index (χ0n) is 14.0. The standard InChI is InChI=1S/C19H29N3O/c20-13-16-8-11-22(12-9-16)19(23)18-7-4-10-21(15-18)14-17-5-2-1-3-6-17/h1-3,5-6,16,18H,4,7-15,20H2. The van der Waals surface area contributed by atoms with E-state index in [0.717, 1.165) is 65.0 Å². The van der Waals surface area contributed by atoms with Gasteiger partial charge >= 0.3 is 0 Å². The van der Waals surface area contributed by atoms with Crippen LogP contribution in [0.2, 0.25) is 0 Å². The summed E-state index contributed by atoms with van der Waals surface area (Å²) >= 11 is 0. The molecule has 126 valence electrons. The van der Waals surface area contributed by atoms with Crippen molar-refractivity contribution in [2.24, 2.45) is 17.6 Å². The molecule has 3 rings (SSSR count). The summed E-state index contributed by atoms with van der Waals surface area (Å²) in [4.78, 5) is 17.3. The van der Waals surface area contributed by atoms with Crippen LogP contribution in [0.3, 0.4) is 0 Å². The van der Waals surface area contributed by atoms with Crippen molar-refractivity contribution >= 4 is 5.91 Å². The summed E-state index contributed by atoms with van der Waals surface area (Å²) in [5, 5.41) is 0. The van der Waals surface area contributed by atoms with E-state index in [1.54, 1.807) is 0 Å². The highest BCUT2D eigenvalue weighted by Gasteiger charge is 2.31. The molecule has 1 aromatic carbocycles. The molecule has 1 unspecified atom stereocenters. The minimum Gasteiger partial charge on any atom is -0.342 e.